The monoisotopic (exact) mass is 544 g/mol. The van der Waals surface area contributed by atoms with Crippen LogP contribution in [0.2, 0.25) is 0 Å². The van der Waals surface area contributed by atoms with Gasteiger partial charge < -0.3 is 24.9 Å². The Morgan fingerprint density at radius 1 is 1.10 bits per heavy atom. The van der Waals surface area contributed by atoms with Gasteiger partial charge in [-0.15, -0.1) is 0 Å². The van der Waals surface area contributed by atoms with Gasteiger partial charge in [-0.25, -0.2) is 14.6 Å². The van der Waals surface area contributed by atoms with Gasteiger partial charge in [-0.3, -0.25) is 9.78 Å². The Balaban J connectivity index is 1.49. The Morgan fingerprint density at radius 2 is 1.88 bits per heavy atom. The van der Waals surface area contributed by atoms with E-state index in [2.05, 4.69) is 20.3 Å². The molecule has 0 saturated carbocycles. The number of carboxylic acid groups (broad SMARTS) is 1. The molecule has 3 unspecified atom stereocenters. The van der Waals surface area contributed by atoms with Crippen LogP contribution in [0.15, 0.2) is 78.4 Å². The van der Waals surface area contributed by atoms with E-state index < -0.39 is 35.3 Å². The van der Waals surface area contributed by atoms with E-state index in [1.807, 2.05) is 24.3 Å². The first-order valence-electron chi connectivity index (χ1n) is 12.9. The average molecular weight is 545 g/mol. The molecule has 2 aromatic heterocycles. The number of nitrogens with one attached hydrogen (secondary N) is 2. The van der Waals surface area contributed by atoms with Gasteiger partial charge in [-0.1, -0.05) is 30.3 Å². The maximum absolute atomic E-state index is 12.9. The van der Waals surface area contributed by atoms with E-state index >= 15 is 0 Å². The predicted molar refractivity (Wildman–Crippen MR) is 147 cm³/mol. The second-order valence-electron chi connectivity index (χ2n) is 9.63. The lowest BCUT2D eigenvalue weighted by atomic mass is 9.61. The number of allylic oxidation sites excluding steroid dienone is 1. The lowest BCUT2D eigenvalue weighted by Gasteiger charge is -2.46. The molecule has 0 fully saturated rings. The number of carbonyl (C=O) groups excluding carboxylic acids is 2. The van der Waals surface area contributed by atoms with Crippen LogP contribution in [0.4, 0.5) is 0 Å². The molecule has 1 aliphatic rings. The van der Waals surface area contributed by atoms with Crippen molar-refractivity contribution in [1.29, 1.82) is 0 Å². The first kappa shape index (κ1) is 28.3. The first-order chi connectivity index (χ1) is 19.3. The number of hydrogen-bond acceptors (Lipinski definition) is 8. The quantitative estimate of drug-likeness (QED) is 0.257. The minimum Gasteiger partial charge on any atom is -0.481 e. The van der Waals surface area contributed by atoms with Crippen LogP contribution in [0.5, 0.6) is 0 Å². The highest BCUT2D eigenvalue weighted by atomic mass is 16.5. The molecule has 3 atom stereocenters. The van der Waals surface area contributed by atoms with E-state index in [0.717, 1.165) is 17.0 Å². The number of benzene rings is 1. The third kappa shape index (κ3) is 5.96. The maximum atomic E-state index is 12.9. The van der Waals surface area contributed by atoms with Crippen LogP contribution in [0.1, 0.15) is 48.8 Å². The van der Waals surface area contributed by atoms with Crippen molar-refractivity contribution in [3.63, 3.8) is 0 Å². The second-order valence-corrected chi connectivity index (χ2v) is 9.63. The van der Waals surface area contributed by atoms with E-state index in [1.165, 1.54) is 13.2 Å². The summed E-state index contributed by atoms with van der Waals surface area (Å²) in [7, 11) is 1.25. The van der Waals surface area contributed by atoms with Crippen molar-refractivity contribution in [1.82, 2.24) is 20.3 Å². The number of pyridine rings is 1. The number of aromatic amines is 1. The standard InChI is InChI=1S/C30H32N4O6/c1-19-26(28(36)39-3)27(23-6-4-5-14-31-23)30(29(37)38,20(2)34-19)13-17-40-25(35)12-11-21-7-9-22(10-8-21)18-24-32-15-16-33-24/h4-12,14-16,20,27,34H,13,17-18H2,1-3H3,(H,32,33)(H,37,38). The molecule has 40 heavy (non-hydrogen) atoms. The van der Waals surface area contributed by atoms with E-state index in [4.69, 9.17) is 9.47 Å². The summed E-state index contributed by atoms with van der Waals surface area (Å²) >= 11 is 0. The Labute approximate surface area is 232 Å². The average Bonchev–Trinajstić information content (AvgIpc) is 3.46. The number of carbonyl (C=O) groups is 3. The van der Waals surface area contributed by atoms with E-state index in [-0.39, 0.29) is 18.6 Å². The van der Waals surface area contributed by atoms with Crippen molar-refractivity contribution in [3.8, 4) is 0 Å². The van der Waals surface area contributed by atoms with Crippen LogP contribution >= 0.6 is 0 Å². The summed E-state index contributed by atoms with van der Waals surface area (Å²) < 4.78 is 10.4. The van der Waals surface area contributed by atoms with Gasteiger partial charge in [-0.05, 0) is 43.2 Å². The molecule has 0 aliphatic carbocycles. The SMILES string of the molecule is COC(=O)C1=C(C)NC(C)C(CCOC(=O)C=Cc2ccc(Cc3ncc[nH]3)cc2)(C(=O)O)C1c1ccccn1. The Morgan fingerprint density at radius 3 is 2.50 bits per heavy atom. The summed E-state index contributed by atoms with van der Waals surface area (Å²) in [5, 5.41) is 13.7. The van der Waals surface area contributed by atoms with Gasteiger partial charge in [0.25, 0.3) is 0 Å². The topological polar surface area (TPSA) is 144 Å². The summed E-state index contributed by atoms with van der Waals surface area (Å²) in [4.78, 5) is 50.0. The van der Waals surface area contributed by atoms with Gasteiger partial charge in [0.05, 0.1) is 25.2 Å². The van der Waals surface area contributed by atoms with Crippen molar-refractivity contribution < 1.29 is 29.0 Å². The van der Waals surface area contributed by atoms with E-state index in [0.29, 0.717) is 17.8 Å². The number of aliphatic carboxylic acids is 1. The van der Waals surface area contributed by atoms with Gasteiger partial charge in [0, 0.05) is 54.9 Å². The van der Waals surface area contributed by atoms with Gasteiger partial charge in [0.2, 0.25) is 0 Å². The molecule has 10 nitrogen and oxygen atoms in total. The summed E-state index contributed by atoms with van der Waals surface area (Å²) in [5.41, 5.74) is 1.45. The van der Waals surface area contributed by atoms with Crippen LogP contribution in [0.3, 0.4) is 0 Å². The van der Waals surface area contributed by atoms with Gasteiger partial charge in [0.1, 0.15) is 11.2 Å². The summed E-state index contributed by atoms with van der Waals surface area (Å²) in [5.74, 6) is -2.45. The number of carboxylic acids is 1. The molecule has 0 radical (unpaired) electrons. The van der Waals surface area contributed by atoms with Crippen molar-refractivity contribution >= 4 is 24.0 Å². The summed E-state index contributed by atoms with van der Waals surface area (Å²) in [6.45, 7) is 3.26. The molecular weight excluding hydrogens is 512 g/mol. The number of H-pyrrole nitrogens is 1. The largest absolute Gasteiger partial charge is 0.481 e. The zero-order valence-corrected chi connectivity index (χ0v) is 22.6. The molecule has 208 valence electrons. The lowest BCUT2D eigenvalue weighted by Crippen LogP contribution is -2.57. The lowest BCUT2D eigenvalue weighted by molar-refractivity contribution is -0.156. The van der Waals surface area contributed by atoms with Crippen molar-refractivity contribution in [2.24, 2.45) is 5.41 Å². The van der Waals surface area contributed by atoms with Crippen LogP contribution in [-0.2, 0) is 30.3 Å². The molecule has 4 rings (SSSR count). The van der Waals surface area contributed by atoms with Crippen LogP contribution in [0.25, 0.3) is 6.08 Å². The molecule has 3 heterocycles. The zero-order valence-electron chi connectivity index (χ0n) is 22.6. The van der Waals surface area contributed by atoms with Gasteiger partial charge in [0.15, 0.2) is 0 Å². The number of esters is 2. The molecule has 10 heteroatoms. The molecule has 0 spiro atoms. The number of methoxy groups -OCH3 is 1. The Bertz CT molecular complexity index is 1400. The fourth-order valence-electron chi connectivity index (χ4n) is 5.24. The van der Waals surface area contributed by atoms with Crippen LogP contribution < -0.4 is 5.32 Å². The fraction of sp³-hybridized carbons (Fsp3) is 0.300. The van der Waals surface area contributed by atoms with E-state index in [1.54, 1.807) is 56.7 Å². The number of ether oxygens (including phenoxy) is 2. The summed E-state index contributed by atoms with van der Waals surface area (Å²) in [6.07, 6.45) is 8.57. The number of nitrogens with zero attached hydrogens (tertiary/aromatic N) is 2. The normalized spacial score (nSPS) is 20.7. The minimum absolute atomic E-state index is 0.0629. The zero-order chi connectivity index (χ0) is 28.7. The highest BCUT2D eigenvalue weighted by molar-refractivity contribution is 5.94. The minimum atomic E-state index is -1.55. The molecule has 0 amide bonds. The third-order valence-electron chi connectivity index (χ3n) is 7.28. The first-order valence-corrected chi connectivity index (χ1v) is 12.9. The van der Waals surface area contributed by atoms with E-state index in [9.17, 15) is 19.5 Å². The number of hydrogen-bond donors (Lipinski definition) is 3. The Hall–Kier alpha value is -4.73. The smallest absolute Gasteiger partial charge is 0.336 e. The molecular formula is C30H32N4O6. The highest BCUT2D eigenvalue weighted by Crippen LogP contribution is 2.50. The predicted octanol–water partition coefficient (Wildman–Crippen LogP) is 3.64. The number of imidazole rings is 1. The third-order valence-corrected chi connectivity index (χ3v) is 7.28. The van der Waals surface area contributed by atoms with Crippen LogP contribution in [-0.4, -0.2) is 57.7 Å². The summed E-state index contributed by atoms with van der Waals surface area (Å²) in [6, 6.07) is 12.2. The van der Waals surface area contributed by atoms with Gasteiger partial charge in [-0.2, -0.15) is 0 Å². The number of rotatable bonds is 10. The van der Waals surface area contributed by atoms with Crippen molar-refractivity contribution in [2.45, 2.75) is 38.6 Å². The molecule has 0 bridgehead atoms. The van der Waals surface area contributed by atoms with Crippen molar-refractivity contribution in [3.05, 3.63) is 101 Å². The van der Waals surface area contributed by atoms with Crippen LogP contribution in [0, 0.1) is 5.41 Å². The maximum Gasteiger partial charge on any atom is 0.336 e. The molecule has 3 N–H and O–H groups in total. The molecule has 1 aromatic carbocycles. The molecule has 0 saturated heterocycles. The van der Waals surface area contributed by atoms with Gasteiger partial charge >= 0.3 is 17.9 Å². The molecule has 3 aromatic rings. The second kappa shape index (κ2) is 12.4. The number of aromatic nitrogens is 3. The molecule has 1 aliphatic heterocycles. The fourth-order valence-corrected chi connectivity index (χ4v) is 5.24. The highest BCUT2D eigenvalue weighted by Gasteiger charge is 2.57. The Kier molecular flexibility index (Phi) is 8.78. The van der Waals surface area contributed by atoms with Crippen molar-refractivity contribution in [2.75, 3.05) is 13.7 Å².